The maximum atomic E-state index is 11.8. The van der Waals surface area contributed by atoms with Crippen LogP contribution in [0.25, 0.3) is 0 Å². The maximum Gasteiger partial charge on any atom is 0.397 e. The van der Waals surface area contributed by atoms with Crippen molar-refractivity contribution < 1.29 is 22.3 Å². The lowest BCUT2D eigenvalue weighted by Gasteiger charge is -2.62. The van der Waals surface area contributed by atoms with Gasteiger partial charge in [0, 0.05) is 25.7 Å². The van der Waals surface area contributed by atoms with Crippen LogP contribution in [0.1, 0.15) is 125 Å². The third kappa shape index (κ3) is 9.17. The molecule has 5 aliphatic rings. The van der Waals surface area contributed by atoms with Gasteiger partial charge in [-0.05, 0) is 162 Å². The Kier molecular flexibility index (Phi) is 13.4. The Morgan fingerprint density at radius 1 is 0.958 bits per heavy atom. The Morgan fingerprint density at radius 3 is 2.44 bits per heavy atom. The zero-order valence-electron chi connectivity index (χ0n) is 30.9. The van der Waals surface area contributed by atoms with E-state index in [1.165, 1.54) is 64.2 Å². The van der Waals surface area contributed by atoms with Crippen LogP contribution in [0.4, 0.5) is 0 Å². The van der Waals surface area contributed by atoms with Gasteiger partial charge < -0.3 is 20.6 Å². The summed E-state index contributed by atoms with van der Waals surface area (Å²) < 4.78 is 37.2. The number of hydrogen-bond acceptors (Lipinski definition) is 8. The van der Waals surface area contributed by atoms with Crippen molar-refractivity contribution in [3.8, 4) is 0 Å². The molecule has 11 atom stereocenters. The largest absolute Gasteiger partial charge is 0.397 e. The molecule has 4 N–H and O–H groups in total. The second-order valence-electron chi connectivity index (χ2n) is 17.5. The predicted octanol–water partition coefficient (Wildman–Crippen LogP) is 6.33. The first kappa shape index (κ1) is 38.5. The standard InChI is InChI=1S/C38H70N4O5S/c1-27(2)35(47-48(44,45)46)13-10-28(3)31-11-12-32-36-33(15-17-38(31,32)5)37(4)16-14-30(24-29(37)25-34(36)43)41-21-8-19-39-18-6-7-22-42-23-9-20-40-26-42/h26-36,39,41,43H,6-25H2,1-5H3,(H,44,45,46)/t28-,29?,30+,31?,32?,33?,34-,35-,36?,37+,38-/m1/s1. The Labute approximate surface area is 293 Å². The van der Waals surface area contributed by atoms with Gasteiger partial charge >= 0.3 is 10.4 Å². The van der Waals surface area contributed by atoms with Crippen molar-refractivity contribution >= 4 is 16.7 Å². The van der Waals surface area contributed by atoms with Crippen LogP contribution in [-0.2, 0) is 14.6 Å². The van der Waals surface area contributed by atoms with Gasteiger partial charge in [0.25, 0.3) is 0 Å². The summed E-state index contributed by atoms with van der Waals surface area (Å²) in [5.41, 5.74) is 0.545. The summed E-state index contributed by atoms with van der Waals surface area (Å²) in [5.74, 6) is 3.21. The lowest BCUT2D eigenvalue weighted by molar-refractivity contribution is -0.167. The zero-order valence-corrected chi connectivity index (χ0v) is 31.7. The van der Waals surface area contributed by atoms with Gasteiger partial charge in [0.2, 0.25) is 0 Å². The molecule has 0 aromatic heterocycles. The van der Waals surface area contributed by atoms with Gasteiger partial charge in [0.05, 0.1) is 18.5 Å². The van der Waals surface area contributed by atoms with Crippen molar-refractivity contribution in [3.05, 3.63) is 0 Å². The first-order valence-electron chi connectivity index (χ1n) is 19.8. The van der Waals surface area contributed by atoms with Crippen LogP contribution in [0, 0.1) is 52.3 Å². The molecule has 48 heavy (non-hydrogen) atoms. The summed E-state index contributed by atoms with van der Waals surface area (Å²) in [6.07, 6.45) is 17.2. The van der Waals surface area contributed by atoms with Crippen LogP contribution in [0.5, 0.6) is 0 Å². The van der Waals surface area contributed by atoms with Gasteiger partial charge in [-0.1, -0.05) is 34.6 Å². The quantitative estimate of drug-likeness (QED) is 0.103. The van der Waals surface area contributed by atoms with Gasteiger partial charge in [-0.25, -0.2) is 4.18 Å². The highest BCUT2D eigenvalue weighted by molar-refractivity contribution is 7.80. The minimum Gasteiger partial charge on any atom is -0.393 e. The highest BCUT2D eigenvalue weighted by atomic mass is 32.3. The number of aliphatic hydroxyl groups is 1. The molecule has 5 unspecified atom stereocenters. The third-order valence-electron chi connectivity index (χ3n) is 14.3. The number of aliphatic hydroxyl groups excluding tert-OH is 1. The Hall–Kier alpha value is -0.780. The Balaban J connectivity index is 1.06. The number of nitrogens with zero attached hydrogens (tertiary/aromatic N) is 2. The molecule has 1 heterocycles. The Bertz CT molecular complexity index is 1150. The first-order chi connectivity index (χ1) is 22.8. The van der Waals surface area contributed by atoms with Gasteiger partial charge in [-0.3, -0.25) is 9.55 Å². The number of aliphatic imine (C=N–C) groups is 1. The molecular weight excluding hydrogens is 625 g/mol. The highest BCUT2D eigenvalue weighted by Gasteiger charge is 2.62. The van der Waals surface area contributed by atoms with Crippen molar-refractivity contribution in [1.29, 1.82) is 0 Å². The summed E-state index contributed by atoms with van der Waals surface area (Å²) >= 11 is 0. The van der Waals surface area contributed by atoms with Crippen LogP contribution < -0.4 is 10.6 Å². The molecule has 0 bridgehead atoms. The van der Waals surface area contributed by atoms with Crippen LogP contribution in [0.3, 0.4) is 0 Å². The van der Waals surface area contributed by atoms with Gasteiger partial charge in [-0.2, -0.15) is 8.42 Å². The predicted molar refractivity (Wildman–Crippen MR) is 194 cm³/mol. The van der Waals surface area contributed by atoms with Crippen molar-refractivity contribution in [3.63, 3.8) is 0 Å². The van der Waals surface area contributed by atoms with Gasteiger partial charge in [-0.15, -0.1) is 0 Å². The van der Waals surface area contributed by atoms with E-state index in [1.54, 1.807) is 0 Å². The number of fused-ring (bicyclic) bond motifs is 5. The SMILES string of the molecule is CC(C)[C@@H](CC[C@@H](C)C1CCC2C3C(CC[C@@]21C)[C@@]1(C)CC[C@H](NCCCNCCCCN2C=NCCC2)CC1C[C@H]3O)OS(=O)(=O)O. The average Bonchev–Trinajstić information content (AvgIpc) is 3.39. The minimum absolute atomic E-state index is 0.0144. The number of hydrogen-bond donors (Lipinski definition) is 4. The van der Waals surface area contributed by atoms with E-state index in [1.807, 2.05) is 20.2 Å². The molecule has 4 saturated carbocycles. The average molecular weight is 695 g/mol. The molecule has 9 nitrogen and oxygen atoms in total. The smallest absolute Gasteiger partial charge is 0.393 e. The maximum absolute atomic E-state index is 11.8. The summed E-state index contributed by atoms with van der Waals surface area (Å²) in [7, 11) is -4.46. The van der Waals surface area contributed by atoms with E-state index in [9.17, 15) is 18.1 Å². The summed E-state index contributed by atoms with van der Waals surface area (Å²) in [5, 5.41) is 19.4. The summed E-state index contributed by atoms with van der Waals surface area (Å²) in [6, 6.07) is 0.572. The topological polar surface area (TPSA) is 123 Å². The third-order valence-corrected chi connectivity index (χ3v) is 14.8. The van der Waals surface area contributed by atoms with Crippen molar-refractivity contribution in [2.45, 2.75) is 143 Å². The fraction of sp³-hybridized carbons (Fsp3) is 0.974. The molecule has 4 aliphatic carbocycles. The highest BCUT2D eigenvalue weighted by Crippen LogP contribution is 2.68. The number of rotatable bonds is 17. The normalized spacial score (nSPS) is 38.0. The molecule has 0 radical (unpaired) electrons. The molecule has 1 aliphatic heterocycles. The lowest BCUT2D eigenvalue weighted by atomic mass is 9.43. The van der Waals surface area contributed by atoms with E-state index in [0.29, 0.717) is 53.4 Å². The first-order valence-corrected chi connectivity index (χ1v) is 21.2. The summed E-state index contributed by atoms with van der Waals surface area (Å²) in [4.78, 5) is 6.73. The molecular formula is C38H70N4O5S. The number of nitrogens with one attached hydrogen (secondary N) is 2. The molecule has 0 saturated heterocycles. The molecule has 278 valence electrons. The monoisotopic (exact) mass is 695 g/mol. The van der Waals surface area contributed by atoms with E-state index >= 15 is 0 Å². The molecule has 4 fully saturated rings. The lowest BCUT2D eigenvalue weighted by Crippen LogP contribution is -2.59. The van der Waals surface area contributed by atoms with Crippen molar-refractivity contribution in [2.75, 3.05) is 39.3 Å². The molecule has 0 aromatic carbocycles. The second-order valence-corrected chi connectivity index (χ2v) is 18.6. The van der Waals surface area contributed by atoms with Crippen molar-refractivity contribution in [1.82, 2.24) is 15.5 Å². The second kappa shape index (κ2) is 16.7. The molecule has 10 heteroatoms. The van der Waals surface area contributed by atoms with Crippen LogP contribution in [0.15, 0.2) is 4.99 Å². The van der Waals surface area contributed by atoms with Crippen LogP contribution >= 0.6 is 0 Å². The van der Waals surface area contributed by atoms with Gasteiger partial charge in [0.15, 0.2) is 0 Å². The zero-order chi connectivity index (χ0) is 34.5. The molecule has 0 spiro atoms. The fourth-order valence-electron chi connectivity index (χ4n) is 11.6. The molecule has 0 amide bonds. The Morgan fingerprint density at radius 2 is 1.71 bits per heavy atom. The van der Waals surface area contributed by atoms with E-state index in [-0.39, 0.29) is 17.4 Å². The van der Waals surface area contributed by atoms with Crippen LogP contribution in [-0.4, -0.2) is 86.8 Å². The molecule has 0 aromatic rings. The van der Waals surface area contributed by atoms with E-state index in [0.717, 1.165) is 58.5 Å². The van der Waals surface area contributed by atoms with Crippen molar-refractivity contribution in [2.24, 2.45) is 57.2 Å². The summed E-state index contributed by atoms with van der Waals surface area (Å²) in [6.45, 7) is 17.8. The molecule has 5 rings (SSSR count). The van der Waals surface area contributed by atoms with E-state index in [4.69, 9.17) is 4.18 Å². The van der Waals surface area contributed by atoms with Crippen LogP contribution in [0.2, 0.25) is 0 Å². The van der Waals surface area contributed by atoms with E-state index in [2.05, 4.69) is 41.3 Å². The number of unbranched alkanes of at least 4 members (excludes halogenated alkanes) is 1. The van der Waals surface area contributed by atoms with E-state index < -0.39 is 16.5 Å². The fourth-order valence-corrected chi connectivity index (χ4v) is 12.3. The van der Waals surface area contributed by atoms with Gasteiger partial charge in [0.1, 0.15) is 0 Å². The minimum atomic E-state index is -4.46.